The molecule has 0 spiro atoms. The summed E-state index contributed by atoms with van der Waals surface area (Å²) < 4.78 is 0. The molecule has 142 valence electrons. The van der Waals surface area contributed by atoms with Crippen LogP contribution < -0.4 is 11.1 Å². The number of rotatable bonds is 5. The van der Waals surface area contributed by atoms with Crippen molar-refractivity contribution in [1.82, 2.24) is 5.32 Å². The van der Waals surface area contributed by atoms with Gasteiger partial charge < -0.3 is 11.1 Å². The monoisotopic (exact) mass is 390 g/mol. The summed E-state index contributed by atoms with van der Waals surface area (Å²) in [6.07, 6.45) is 4.68. The number of hydrogen-bond donors (Lipinski definition) is 2. The lowest BCUT2D eigenvalue weighted by molar-refractivity contribution is 0.0943. The second-order valence-electron chi connectivity index (χ2n) is 7.10. The fourth-order valence-electron chi connectivity index (χ4n) is 3.74. The smallest absolute Gasteiger partial charge is 0.252 e. The van der Waals surface area contributed by atoms with Crippen molar-refractivity contribution in [3.8, 4) is 0 Å². The minimum Gasteiger partial charge on any atom is -0.366 e. The van der Waals surface area contributed by atoms with E-state index in [4.69, 9.17) is 5.73 Å². The molecule has 0 fully saturated rings. The van der Waals surface area contributed by atoms with Crippen molar-refractivity contribution in [3.63, 3.8) is 0 Å². The average molecular weight is 391 g/mol. The molecule has 4 nitrogen and oxygen atoms in total. The summed E-state index contributed by atoms with van der Waals surface area (Å²) in [6, 6.07) is 16.9. The normalized spacial score (nSPS) is 14.1. The minimum absolute atomic E-state index is 0.223. The fourth-order valence-corrected chi connectivity index (χ4v) is 4.54. The van der Waals surface area contributed by atoms with Gasteiger partial charge in [0.25, 0.3) is 5.91 Å². The molecule has 0 saturated heterocycles. The van der Waals surface area contributed by atoms with Crippen LogP contribution in [-0.4, -0.2) is 11.8 Å². The number of fused-ring (bicyclic) bond motifs is 1. The van der Waals surface area contributed by atoms with E-state index in [0.717, 1.165) is 23.3 Å². The number of nitrogens with one attached hydrogen (secondary N) is 1. The standard InChI is InChI=1S/C23H22N2O2S/c24-22(26)18-7-3-8-19(14-18)23(27)25-21(20-9-4-12-28-20)17-11-10-15-5-1-2-6-16(15)13-17/h3-4,7-14,21H,1-2,5-6H2,(H2,24,26)(H,25,27). The lowest BCUT2D eigenvalue weighted by atomic mass is 9.89. The van der Waals surface area contributed by atoms with Gasteiger partial charge in [-0.25, -0.2) is 0 Å². The molecule has 1 unspecified atom stereocenters. The number of aryl methyl sites for hydroxylation is 2. The Labute approximate surface area is 168 Å². The first-order chi connectivity index (χ1) is 13.6. The first kappa shape index (κ1) is 18.4. The van der Waals surface area contributed by atoms with Crippen LogP contribution in [0.2, 0.25) is 0 Å². The maximum absolute atomic E-state index is 12.9. The second kappa shape index (κ2) is 7.98. The van der Waals surface area contributed by atoms with Crippen LogP contribution in [0.5, 0.6) is 0 Å². The highest BCUT2D eigenvalue weighted by Gasteiger charge is 2.21. The van der Waals surface area contributed by atoms with Crippen LogP contribution in [-0.2, 0) is 12.8 Å². The van der Waals surface area contributed by atoms with Gasteiger partial charge in [-0.3, -0.25) is 9.59 Å². The van der Waals surface area contributed by atoms with Crippen molar-refractivity contribution in [2.45, 2.75) is 31.7 Å². The lowest BCUT2D eigenvalue weighted by Crippen LogP contribution is -2.29. The van der Waals surface area contributed by atoms with Crippen LogP contribution in [0.3, 0.4) is 0 Å². The predicted octanol–water partition coefficient (Wildman–Crippen LogP) is 4.25. The molecule has 1 heterocycles. The van der Waals surface area contributed by atoms with Crippen molar-refractivity contribution < 1.29 is 9.59 Å². The summed E-state index contributed by atoms with van der Waals surface area (Å²) in [4.78, 5) is 25.4. The van der Waals surface area contributed by atoms with Crippen LogP contribution >= 0.6 is 11.3 Å². The van der Waals surface area contributed by atoms with Gasteiger partial charge in [-0.1, -0.05) is 30.3 Å². The molecular formula is C23H22N2O2S. The minimum atomic E-state index is -0.542. The van der Waals surface area contributed by atoms with Crippen LogP contribution in [0.25, 0.3) is 0 Å². The van der Waals surface area contributed by atoms with E-state index in [1.807, 2.05) is 17.5 Å². The SMILES string of the molecule is NC(=O)c1cccc(C(=O)NC(c2ccc3c(c2)CCCC3)c2cccs2)c1. The molecule has 0 radical (unpaired) electrons. The fraction of sp³-hybridized carbons (Fsp3) is 0.217. The van der Waals surface area contributed by atoms with Gasteiger partial charge in [0.1, 0.15) is 0 Å². The molecule has 0 saturated carbocycles. The van der Waals surface area contributed by atoms with Crippen LogP contribution in [0.4, 0.5) is 0 Å². The molecule has 28 heavy (non-hydrogen) atoms. The van der Waals surface area contributed by atoms with Crippen molar-refractivity contribution in [3.05, 3.63) is 92.7 Å². The number of amides is 2. The van der Waals surface area contributed by atoms with Crippen LogP contribution in [0, 0.1) is 0 Å². The third kappa shape index (κ3) is 3.85. The van der Waals surface area contributed by atoms with E-state index < -0.39 is 5.91 Å². The zero-order valence-electron chi connectivity index (χ0n) is 15.5. The van der Waals surface area contributed by atoms with E-state index >= 15 is 0 Å². The topological polar surface area (TPSA) is 72.2 Å². The van der Waals surface area contributed by atoms with Crippen molar-refractivity contribution in [1.29, 1.82) is 0 Å². The maximum Gasteiger partial charge on any atom is 0.252 e. The Morgan fingerprint density at radius 3 is 2.46 bits per heavy atom. The Balaban J connectivity index is 1.65. The van der Waals surface area contributed by atoms with Gasteiger partial charge in [-0.2, -0.15) is 0 Å². The maximum atomic E-state index is 12.9. The quantitative estimate of drug-likeness (QED) is 0.684. The van der Waals surface area contributed by atoms with E-state index in [1.165, 1.54) is 30.0 Å². The summed E-state index contributed by atoms with van der Waals surface area (Å²) in [5.41, 5.74) is 9.99. The van der Waals surface area contributed by atoms with Crippen LogP contribution in [0.1, 0.15) is 61.2 Å². The molecule has 3 N–H and O–H groups in total. The van der Waals surface area contributed by atoms with E-state index in [-0.39, 0.29) is 11.9 Å². The molecule has 1 atom stereocenters. The Kier molecular flexibility index (Phi) is 5.26. The number of nitrogens with two attached hydrogens (primary N) is 1. The van der Waals surface area contributed by atoms with E-state index in [1.54, 1.807) is 29.5 Å². The highest BCUT2D eigenvalue weighted by atomic mass is 32.1. The Hall–Kier alpha value is -2.92. The van der Waals surface area contributed by atoms with Crippen molar-refractivity contribution in [2.24, 2.45) is 5.73 Å². The Morgan fingerprint density at radius 2 is 1.71 bits per heavy atom. The first-order valence-corrected chi connectivity index (χ1v) is 10.4. The zero-order valence-corrected chi connectivity index (χ0v) is 16.3. The highest BCUT2D eigenvalue weighted by molar-refractivity contribution is 7.10. The molecule has 1 aliphatic carbocycles. The molecule has 2 amide bonds. The molecule has 4 rings (SSSR count). The molecular weight excluding hydrogens is 368 g/mol. The van der Waals surface area contributed by atoms with Gasteiger partial charge in [0.05, 0.1) is 6.04 Å². The molecule has 5 heteroatoms. The third-order valence-corrected chi connectivity index (χ3v) is 6.16. The van der Waals surface area contributed by atoms with E-state index in [9.17, 15) is 9.59 Å². The molecule has 0 bridgehead atoms. The number of carbonyl (C=O) groups excluding carboxylic acids is 2. The van der Waals surface area contributed by atoms with E-state index in [2.05, 4.69) is 23.5 Å². The third-order valence-electron chi connectivity index (χ3n) is 5.22. The number of benzene rings is 2. The number of primary amides is 1. The largest absolute Gasteiger partial charge is 0.366 e. The summed E-state index contributed by atoms with van der Waals surface area (Å²) in [7, 11) is 0. The molecule has 0 aliphatic heterocycles. The summed E-state index contributed by atoms with van der Waals surface area (Å²) in [6.45, 7) is 0. The second-order valence-corrected chi connectivity index (χ2v) is 8.08. The summed E-state index contributed by atoms with van der Waals surface area (Å²) in [5, 5.41) is 5.16. The average Bonchev–Trinajstić information content (AvgIpc) is 3.26. The molecule has 1 aromatic heterocycles. The molecule has 1 aliphatic rings. The highest BCUT2D eigenvalue weighted by Crippen LogP contribution is 2.30. The Morgan fingerprint density at radius 1 is 0.929 bits per heavy atom. The summed E-state index contributed by atoms with van der Waals surface area (Å²) in [5.74, 6) is -0.765. The van der Waals surface area contributed by atoms with Gasteiger partial charge in [0, 0.05) is 16.0 Å². The van der Waals surface area contributed by atoms with Crippen molar-refractivity contribution in [2.75, 3.05) is 0 Å². The first-order valence-electron chi connectivity index (χ1n) is 9.47. The van der Waals surface area contributed by atoms with Gasteiger partial charge in [0.15, 0.2) is 0 Å². The molecule has 2 aromatic carbocycles. The van der Waals surface area contributed by atoms with Crippen LogP contribution in [0.15, 0.2) is 60.0 Å². The van der Waals surface area contributed by atoms with Gasteiger partial charge in [0.2, 0.25) is 5.91 Å². The number of carbonyl (C=O) groups is 2. The van der Waals surface area contributed by atoms with Crippen molar-refractivity contribution >= 4 is 23.2 Å². The zero-order chi connectivity index (χ0) is 19.5. The van der Waals surface area contributed by atoms with Gasteiger partial charge in [-0.15, -0.1) is 11.3 Å². The Bertz CT molecular complexity index is 1010. The lowest BCUT2D eigenvalue weighted by Gasteiger charge is -2.22. The van der Waals surface area contributed by atoms with Gasteiger partial charge >= 0.3 is 0 Å². The molecule has 3 aromatic rings. The summed E-state index contributed by atoms with van der Waals surface area (Å²) >= 11 is 1.62. The van der Waals surface area contributed by atoms with Gasteiger partial charge in [-0.05, 0) is 72.0 Å². The number of thiophene rings is 1. The van der Waals surface area contributed by atoms with E-state index in [0.29, 0.717) is 11.1 Å². The number of hydrogen-bond acceptors (Lipinski definition) is 3. The predicted molar refractivity (Wildman–Crippen MR) is 112 cm³/mol.